The summed E-state index contributed by atoms with van der Waals surface area (Å²) in [5.41, 5.74) is 1.89. The molecule has 1 N–H and O–H groups in total. The number of nitrogens with one attached hydrogen (secondary N) is 1. The molecule has 0 spiro atoms. The van der Waals surface area contributed by atoms with E-state index in [0.29, 0.717) is 35.0 Å². The average molecular weight is 411 g/mol. The van der Waals surface area contributed by atoms with Crippen LogP contribution in [0, 0.1) is 0 Å². The second-order valence-electron chi connectivity index (χ2n) is 6.27. The number of carbonyl (C=O) groups excluding carboxylic acids is 2. The molecule has 2 aromatic carbocycles. The van der Waals surface area contributed by atoms with Crippen molar-refractivity contribution in [1.82, 2.24) is 4.57 Å². The first-order valence-electron chi connectivity index (χ1n) is 8.99. The SMILES string of the molecule is CCOC(=O)c1ccc(NC(=O)c2ccc(=O)n(Cc3cccc(Cl)c3)c2)cc1. The second kappa shape index (κ2) is 9.21. The molecule has 0 saturated carbocycles. The van der Waals surface area contributed by atoms with Gasteiger partial charge in [-0.05, 0) is 55.0 Å². The molecule has 0 radical (unpaired) electrons. The first-order valence-corrected chi connectivity index (χ1v) is 9.37. The van der Waals surface area contributed by atoms with E-state index < -0.39 is 5.97 Å². The molecule has 1 heterocycles. The molecule has 0 unspecified atom stereocenters. The average Bonchev–Trinajstić information content (AvgIpc) is 2.70. The molecule has 148 valence electrons. The Morgan fingerprint density at radius 2 is 1.76 bits per heavy atom. The van der Waals surface area contributed by atoms with Crippen LogP contribution in [0.25, 0.3) is 0 Å². The molecule has 0 fully saturated rings. The number of benzene rings is 2. The van der Waals surface area contributed by atoms with Crippen LogP contribution in [0.3, 0.4) is 0 Å². The highest BCUT2D eigenvalue weighted by molar-refractivity contribution is 6.30. The number of carbonyl (C=O) groups is 2. The van der Waals surface area contributed by atoms with Crippen LogP contribution >= 0.6 is 11.6 Å². The van der Waals surface area contributed by atoms with E-state index in [-0.39, 0.29) is 11.5 Å². The second-order valence-corrected chi connectivity index (χ2v) is 6.70. The summed E-state index contributed by atoms with van der Waals surface area (Å²) >= 11 is 5.99. The number of nitrogens with zero attached hydrogens (tertiary/aromatic N) is 1. The maximum absolute atomic E-state index is 12.6. The van der Waals surface area contributed by atoms with Crippen molar-refractivity contribution in [3.8, 4) is 0 Å². The summed E-state index contributed by atoms with van der Waals surface area (Å²) < 4.78 is 6.38. The van der Waals surface area contributed by atoms with E-state index in [0.717, 1.165) is 5.56 Å². The Bertz CT molecular complexity index is 1090. The van der Waals surface area contributed by atoms with Crippen molar-refractivity contribution in [2.75, 3.05) is 11.9 Å². The highest BCUT2D eigenvalue weighted by Crippen LogP contribution is 2.14. The Kier molecular flexibility index (Phi) is 6.46. The van der Waals surface area contributed by atoms with Crippen molar-refractivity contribution >= 4 is 29.2 Å². The number of halogens is 1. The van der Waals surface area contributed by atoms with Gasteiger partial charge in [0.2, 0.25) is 0 Å². The Morgan fingerprint density at radius 3 is 2.45 bits per heavy atom. The molecule has 1 amide bonds. The summed E-state index contributed by atoms with van der Waals surface area (Å²) in [5, 5.41) is 3.33. The summed E-state index contributed by atoms with van der Waals surface area (Å²) in [6.45, 7) is 2.33. The van der Waals surface area contributed by atoms with Crippen LogP contribution in [0.15, 0.2) is 71.7 Å². The minimum Gasteiger partial charge on any atom is -0.462 e. The molecule has 0 saturated heterocycles. The molecular weight excluding hydrogens is 392 g/mol. The number of hydrogen-bond donors (Lipinski definition) is 1. The maximum atomic E-state index is 12.6. The topological polar surface area (TPSA) is 77.4 Å². The van der Waals surface area contributed by atoms with Crippen molar-refractivity contribution in [1.29, 1.82) is 0 Å². The van der Waals surface area contributed by atoms with Gasteiger partial charge < -0.3 is 14.6 Å². The minimum atomic E-state index is -0.418. The third-order valence-electron chi connectivity index (χ3n) is 4.14. The van der Waals surface area contributed by atoms with Gasteiger partial charge in [0.25, 0.3) is 11.5 Å². The molecule has 3 rings (SSSR count). The van der Waals surface area contributed by atoms with Crippen LogP contribution in [0.5, 0.6) is 0 Å². The summed E-state index contributed by atoms with van der Waals surface area (Å²) in [6.07, 6.45) is 1.51. The van der Waals surface area contributed by atoms with E-state index in [9.17, 15) is 14.4 Å². The standard InChI is InChI=1S/C22H19ClN2O4/c1-2-29-22(28)16-6-9-19(10-7-16)24-21(27)17-8-11-20(26)25(14-17)13-15-4-3-5-18(23)12-15/h3-12,14H,2,13H2,1H3,(H,24,27). The lowest BCUT2D eigenvalue weighted by molar-refractivity contribution is 0.0526. The van der Waals surface area contributed by atoms with Crippen LogP contribution in [-0.4, -0.2) is 23.1 Å². The molecule has 0 bridgehead atoms. The first-order chi connectivity index (χ1) is 14.0. The van der Waals surface area contributed by atoms with Crippen molar-refractivity contribution in [3.05, 3.63) is 98.9 Å². The largest absolute Gasteiger partial charge is 0.462 e. The van der Waals surface area contributed by atoms with Gasteiger partial charge in [-0.25, -0.2) is 4.79 Å². The Labute approximate surface area is 172 Å². The number of pyridine rings is 1. The monoisotopic (exact) mass is 410 g/mol. The zero-order chi connectivity index (χ0) is 20.8. The van der Waals surface area contributed by atoms with Gasteiger partial charge in [0.15, 0.2) is 0 Å². The predicted molar refractivity (Wildman–Crippen MR) is 112 cm³/mol. The van der Waals surface area contributed by atoms with E-state index in [4.69, 9.17) is 16.3 Å². The van der Waals surface area contributed by atoms with Crippen LogP contribution in [0.2, 0.25) is 5.02 Å². The Hall–Kier alpha value is -3.38. The Morgan fingerprint density at radius 1 is 1.03 bits per heavy atom. The number of rotatable bonds is 6. The number of aromatic nitrogens is 1. The number of hydrogen-bond acceptors (Lipinski definition) is 4. The van der Waals surface area contributed by atoms with Crippen molar-refractivity contribution in [2.45, 2.75) is 13.5 Å². The maximum Gasteiger partial charge on any atom is 0.338 e. The van der Waals surface area contributed by atoms with Gasteiger partial charge >= 0.3 is 5.97 Å². The highest BCUT2D eigenvalue weighted by Gasteiger charge is 2.10. The van der Waals surface area contributed by atoms with E-state index in [1.165, 1.54) is 22.9 Å². The fourth-order valence-electron chi connectivity index (χ4n) is 2.73. The zero-order valence-corrected chi connectivity index (χ0v) is 16.5. The lowest BCUT2D eigenvalue weighted by Crippen LogP contribution is -2.22. The van der Waals surface area contributed by atoms with Gasteiger partial charge in [-0.2, -0.15) is 0 Å². The molecule has 0 aliphatic heterocycles. The molecule has 1 aromatic heterocycles. The van der Waals surface area contributed by atoms with E-state index in [2.05, 4.69) is 5.32 Å². The van der Waals surface area contributed by atoms with Crippen molar-refractivity contribution < 1.29 is 14.3 Å². The van der Waals surface area contributed by atoms with Crippen LogP contribution in [0.4, 0.5) is 5.69 Å². The third kappa shape index (κ3) is 5.33. The number of amides is 1. The quantitative estimate of drug-likeness (QED) is 0.623. The number of ether oxygens (including phenoxy) is 1. The van der Waals surface area contributed by atoms with Gasteiger partial charge in [0.05, 0.1) is 24.3 Å². The fraction of sp³-hybridized carbons (Fsp3) is 0.136. The predicted octanol–water partition coefficient (Wildman–Crippen LogP) is 3.98. The molecular formula is C22H19ClN2O4. The van der Waals surface area contributed by atoms with Crippen LogP contribution < -0.4 is 10.9 Å². The summed E-state index contributed by atoms with van der Waals surface area (Å²) in [6, 6.07) is 16.4. The third-order valence-corrected chi connectivity index (χ3v) is 4.38. The molecule has 29 heavy (non-hydrogen) atoms. The van der Waals surface area contributed by atoms with Gasteiger partial charge in [-0.3, -0.25) is 9.59 Å². The smallest absolute Gasteiger partial charge is 0.338 e. The molecule has 6 nitrogen and oxygen atoms in total. The molecule has 0 aliphatic rings. The van der Waals surface area contributed by atoms with Crippen molar-refractivity contribution in [3.63, 3.8) is 0 Å². The van der Waals surface area contributed by atoms with Gasteiger partial charge in [-0.1, -0.05) is 23.7 Å². The fourth-order valence-corrected chi connectivity index (χ4v) is 2.94. The molecule has 3 aromatic rings. The van der Waals surface area contributed by atoms with Crippen molar-refractivity contribution in [2.24, 2.45) is 0 Å². The van der Waals surface area contributed by atoms with Gasteiger partial charge in [0, 0.05) is 23.0 Å². The van der Waals surface area contributed by atoms with E-state index in [1.54, 1.807) is 49.4 Å². The van der Waals surface area contributed by atoms with E-state index in [1.807, 2.05) is 6.07 Å². The van der Waals surface area contributed by atoms with Crippen LogP contribution in [-0.2, 0) is 11.3 Å². The molecule has 0 aliphatic carbocycles. The number of esters is 1. The Balaban J connectivity index is 1.74. The summed E-state index contributed by atoms with van der Waals surface area (Å²) in [7, 11) is 0. The molecule has 0 atom stereocenters. The van der Waals surface area contributed by atoms with E-state index >= 15 is 0 Å². The zero-order valence-electron chi connectivity index (χ0n) is 15.7. The normalized spacial score (nSPS) is 10.4. The summed E-state index contributed by atoms with van der Waals surface area (Å²) in [4.78, 5) is 36.4. The van der Waals surface area contributed by atoms with Crippen LogP contribution in [0.1, 0.15) is 33.2 Å². The van der Waals surface area contributed by atoms with Gasteiger partial charge in [-0.15, -0.1) is 0 Å². The lowest BCUT2D eigenvalue weighted by atomic mass is 10.2. The lowest BCUT2D eigenvalue weighted by Gasteiger charge is -2.10. The number of anilines is 1. The highest BCUT2D eigenvalue weighted by atomic mass is 35.5. The molecule has 7 heteroatoms. The first kappa shape index (κ1) is 20.4. The summed E-state index contributed by atoms with van der Waals surface area (Å²) in [5.74, 6) is -0.785. The van der Waals surface area contributed by atoms with Gasteiger partial charge in [0.1, 0.15) is 0 Å². The minimum absolute atomic E-state index is 0.222.